The lowest BCUT2D eigenvalue weighted by atomic mass is 9.91. The number of nitrogens with zero attached hydrogens (tertiary/aromatic N) is 4. The van der Waals surface area contributed by atoms with E-state index in [1.165, 1.54) is 11.9 Å². The van der Waals surface area contributed by atoms with Crippen LogP contribution < -0.4 is 9.64 Å². The van der Waals surface area contributed by atoms with Crippen molar-refractivity contribution in [3.8, 4) is 5.75 Å². The molecule has 0 radical (unpaired) electrons. The molecule has 0 spiro atoms. The molecule has 1 aliphatic heterocycles. The molecule has 0 fully saturated rings. The van der Waals surface area contributed by atoms with Gasteiger partial charge in [-0.05, 0) is 36.6 Å². The van der Waals surface area contributed by atoms with Gasteiger partial charge in [0.2, 0.25) is 11.9 Å². The third kappa shape index (κ3) is 3.50. The lowest BCUT2D eigenvalue weighted by molar-refractivity contribution is -0.122. The van der Waals surface area contributed by atoms with E-state index in [-0.39, 0.29) is 23.9 Å². The van der Waals surface area contributed by atoms with Crippen LogP contribution in [-0.2, 0) is 4.79 Å². The Morgan fingerprint density at radius 1 is 1.03 bits per heavy atom. The van der Waals surface area contributed by atoms with E-state index >= 15 is 0 Å². The highest BCUT2D eigenvalue weighted by Gasteiger charge is 2.39. The Morgan fingerprint density at radius 3 is 2.28 bits per heavy atom. The fraction of sp³-hybridized carbons (Fsp3) is 0.348. The minimum atomic E-state index is -0.134. The molecule has 0 saturated carbocycles. The number of rotatable bonds is 4. The van der Waals surface area contributed by atoms with Crippen LogP contribution in [0.15, 0.2) is 54.9 Å². The Labute approximate surface area is 171 Å². The van der Waals surface area contributed by atoms with Crippen molar-refractivity contribution >= 4 is 11.9 Å². The molecule has 0 N–H and O–H groups in total. The minimum Gasteiger partial charge on any atom is -0.497 e. The van der Waals surface area contributed by atoms with Gasteiger partial charge in [-0.2, -0.15) is 10.1 Å². The summed E-state index contributed by atoms with van der Waals surface area (Å²) in [5.74, 6) is 1.33. The molecule has 1 aromatic heterocycles. The number of benzene rings is 2. The van der Waals surface area contributed by atoms with Gasteiger partial charge in [-0.25, -0.2) is 4.68 Å². The highest BCUT2D eigenvalue weighted by molar-refractivity contribution is 5.94. The number of aryl methyl sites for hydroxylation is 1. The van der Waals surface area contributed by atoms with Crippen LogP contribution >= 0.6 is 0 Å². The van der Waals surface area contributed by atoms with Crippen LogP contribution in [0, 0.1) is 12.8 Å². The second kappa shape index (κ2) is 7.70. The Hall–Kier alpha value is -3.15. The summed E-state index contributed by atoms with van der Waals surface area (Å²) < 4.78 is 7.17. The summed E-state index contributed by atoms with van der Waals surface area (Å²) in [5, 5.41) is 4.47. The van der Waals surface area contributed by atoms with Gasteiger partial charge in [0.05, 0.1) is 19.2 Å². The second-order valence-corrected chi connectivity index (χ2v) is 7.82. The first-order chi connectivity index (χ1) is 14.0. The average Bonchev–Trinajstić information content (AvgIpc) is 3.22. The van der Waals surface area contributed by atoms with Crippen LogP contribution in [0.5, 0.6) is 5.75 Å². The van der Waals surface area contributed by atoms with Crippen molar-refractivity contribution < 1.29 is 9.53 Å². The molecule has 2 heterocycles. The van der Waals surface area contributed by atoms with Gasteiger partial charge in [0.15, 0.2) is 0 Å². The molecule has 1 amide bonds. The van der Waals surface area contributed by atoms with E-state index in [4.69, 9.17) is 4.74 Å². The molecule has 6 nitrogen and oxygen atoms in total. The molecule has 29 heavy (non-hydrogen) atoms. The van der Waals surface area contributed by atoms with E-state index in [0.717, 1.165) is 23.3 Å². The Kier molecular flexibility index (Phi) is 5.09. The summed E-state index contributed by atoms with van der Waals surface area (Å²) >= 11 is 0. The Morgan fingerprint density at radius 2 is 1.66 bits per heavy atom. The first-order valence-electron chi connectivity index (χ1n) is 9.92. The van der Waals surface area contributed by atoms with Crippen molar-refractivity contribution in [3.05, 3.63) is 71.5 Å². The third-order valence-electron chi connectivity index (χ3n) is 5.52. The summed E-state index contributed by atoms with van der Waals surface area (Å²) in [6.07, 6.45) is 2.26. The number of amides is 1. The largest absolute Gasteiger partial charge is 0.497 e. The van der Waals surface area contributed by atoms with E-state index < -0.39 is 0 Å². The number of carbonyl (C=O) groups is 1. The SMILES string of the molecule is COc1ccc([C@H]2C[C@H](c3ccc(C)cc3)N(C(=O)C(C)C)c3ncnn32)cc1. The lowest BCUT2D eigenvalue weighted by Gasteiger charge is -2.40. The van der Waals surface area contributed by atoms with E-state index in [9.17, 15) is 4.79 Å². The molecule has 0 bridgehead atoms. The summed E-state index contributed by atoms with van der Waals surface area (Å²) in [4.78, 5) is 19.5. The fourth-order valence-electron chi connectivity index (χ4n) is 3.90. The van der Waals surface area contributed by atoms with E-state index in [2.05, 4.69) is 53.4 Å². The monoisotopic (exact) mass is 390 g/mol. The Balaban J connectivity index is 1.82. The number of hydrogen-bond acceptors (Lipinski definition) is 4. The number of carbonyl (C=O) groups excluding carboxylic acids is 1. The van der Waals surface area contributed by atoms with Crippen LogP contribution in [0.4, 0.5) is 5.95 Å². The zero-order chi connectivity index (χ0) is 20.5. The van der Waals surface area contributed by atoms with E-state index in [0.29, 0.717) is 5.95 Å². The van der Waals surface area contributed by atoms with Crippen LogP contribution in [-0.4, -0.2) is 27.8 Å². The molecule has 2 atom stereocenters. The molecule has 4 rings (SSSR count). The number of hydrogen-bond donors (Lipinski definition) is 0. The maximum Gasteiger partial charge on any atom is 0.232 e. The lowest BCUT2D eigenvalue weighted by Crippen LogP contribution is -2.44. The molecule has 6 heteroatoms. The second-order valence-electron chi connectivity index (χ2n) is 7.82. The predicted molar refractivity (Wildman–Crippen MR) is 112 cm³/mol. The van der Waals surface area contributed by atoms with Crippen molar-refractivity contribution in [2.24, 2.45) is 5.92 Å². The van der Waals surface area contributed by atoms with Crippen LogP contribution in [0.2, 0.25) is 0 Å². The first-order valence-corrected chi connectivity index (χ1v) is 9.92. The maximum absolute atomic E-state index is 13.2. The van der Waals surface area contributed by atoms with Gasteiger partial charge in [-0.1, -0.05) is 55.8 Å². The minimum absolute atomic E-state index is 0.0130. The third-order valence-corrected chi connectivity index (χ3v) is 5.52. The molecule has 2 aromatic carbocycles. The summed E-state index contributed by atoms with van der Waals surface area (Å²) in [5.41, 5.74) is 3.42. The van der Waals surface area contributed by atoms with Gasteiger partial charge in [0, 0.05) is 5.92 Å². The van der Waals surface area contributed by atoms with Crippen molar-refractivity contribution in [3.63, 3.8) is 0 Å². The maximum atomic E-state index is 13.2. The summed E-state index contributed by atoms with van der Waals surface area (Å²) in [6.45, 7) is 5.91. The summed E-state index contributed by atoms with van der Waals surface area (Å²) in [6, 6.07) is 16.3. The predicted octanol–water partition coefficient (Wildman–Crippen LogP) is 4.32. The highest BCUT2D eigenvalue weighted by Crippen LogP contribution is 2.42. The van der Waals surface area contributed by atoms with Gasteiger partial charge in [0.1, 0.15) is 12.1 Å². The van der Waals surface area contributed by atoms with Gasteiger partial charge < -0.3 is 4.74 Å². The standard InChI is InChI=1S/C23H26N4O2/c1-15(2)22(28)26-20(17-7-5-16(3)6-8-17)13-21(27-23(26)24-14-25-27)18-9-11-19(29-4)12-10-18/h5-12,14-15,20-21H,13H2,1-4H3/t20-,21-/m1/s1. The normalized spacial score (nSPS) is 18.6. The zero-order valence-electron chi connectivity index (χ0n) is 17.2. The van der Waals surface area contributed by atoms with Crippen LogP contribution in [0.1, 0.15) is 49.0 Å². The topological polar surface area (TPSA) is 60.2 Å². The molecular weight excluding hydrogens is 364 g/mol. The highest BCUT2D eigenvalue weighted by atomic mass is 16.5. The quantitative estimate of drug-likeness (QED) is 0.666. The Bertz CT molecular complexity index is 992. The number of aromatic nitrogens is 3. The van der Waals surface area contributed by atoms with Gasteiger partial charge in [-0.3, -0.25) is 9.69 Å². The van der Waals surface area contributed by atoms with Gasteiger partial charge in [0.25, 0.3) is 0 Å². The number of methoxy groups -OCH3 is 1. The number of ether oxygens (including phenoxy) is 1. The van der Waals surface area contributed by atoms with Gasteiger partial charge >= 0.3 is 0 Å². The zero-order valence-corrected chi connectivity index (χ0v) is 17.2. The smallest absolute Gasteiger partial charge is 0.232 e. The van der Waals surface area contributed by atoms with Crippen molar-refractivity contribution in [2.75, 3.05) is 12.0 Å². The average molecular weight is 390 g/mol. The van der Waals surface area contributed by atoms with E-state index in [1.54, 1.807) is 7.11 Å². The molecule has 150 valence electrons. The molecule has 1 aliphatic rings. The van der Waals surface area contributed by atoms with Crippen LogP contribution in [0.25, 0.3) is 0 Å². The first kappa shape index (κ1) is 19.2. The van der Waals surface area contributed by atoms with Crippen molar-refractivity contribution in [1.29, 1.82) is 0 Å². The van der Waals surface area contributed by atoms with Crippen LogP contribution in [0.3, 0.4) is 0 Å². The molecular formula is C23H26N4O2. The molecule has 0 unspecified atom stereocenters. The molecule has 0 saturated heterocycles. The van der Waals surface area contributed by atoms with Crippen molar-refractivity contribution in [2.45, 2.75) is 39.3 Å². The molecule has 3 aromatic rings. The fourth-order valence-corrected chi connectivity index (χ4v) is 3.90. The van der Waals surface area contributed by atoms with Gasteiger partial charge in [-0.15, -0.1) is 0 Å². The number of fused-ring (bicyclic) bond motifs is 1. The summed E-state index contributed by atoms with van der Waals surface area (Å²) in [7, 11) is 1.66. The van der Waals surface area contributed by atoms with E-state index in [1.807, 2.05) is 35.6 Å². The molecule has 0 aliphatic carbocycles. The van der Waals surface area contributed by atoms with Crippen molar-refractivity contribution in [1.82, 2.24) is 14.8 Å². The number of anilines is 1.